The van der Waals surface area contributed by atoms with Gasteiger partial charge in [0.15, 0.2) is 0 Å². The van der Waals surface area contributed by atoms with Gasteiger partial charge in [0.25, 0.3) is 0 Å². The van der Waals surface area contributed by atoms with Gasteiger partial charge in [-0.15, -0.1) is 0 Å². The van der Waals surface area contributed by atoms with Gasteiger partial charge in [-0.1, -0.05) is 30.3 Å². The standard InChI is InChI=1S/C18H20N2O/c1-20(17-10-9-15-6-2-3-7-16(15)17)18(21)11-8-14-5-4-12-19-13-14/h2-7,12-13,17H,8-11H2,1H3/t17-/m0/s1. The van der Waals surface area contributed by atoms with E-state index in [-0.39, 0.29) is 11.9 Å². The summed E-state index contributed by atoms with van der Waals surface area (Å²) in [4.78, 5) is 18.4. The van der Waals surface area contributed by atoms with Gasteiger partial charge in [-0.05, 0) is 42.0 Å². The Morgan fingerprint density at radius 3 is 2.95 bits per heavy atom. The van der Waals surface area contributed by atoms with Crippen molar-refractivity contribution in [2.75, 3.05) is 7.05 Å². The zero-order valence-electron chi connectivity index (χ0n) is 12.3. The van der Waals surface area contributed by atoms with Crippen molar-refractivity contribution in [3.63, 3.8) is 0 Å². The summed E-state index contributed by atoms with van der Waals surface area (Å²) in [5.41, 5.74) is 3.82. The molecule has 21 heavy (non-hydrogen) atoms. The molecule has 1 aliphatic rings. The molecule has 3 nitrogen and oxygen atoms in total. The fourth-order valence-electron chi connectivity index (χ4n) is 3.08. The Balaban J connectivity index is 1.63. The maximum absolute atomic E-state index is 12.4. The maximum Gasteiger partial charge on any atom is 0.223 e. The third-order valence-electron chi connectivity index (χ3n) is 4.31. The van der Waals surface area contributed by atoms with E-state index in [9.17, 15) is 4.79 Å². The SMILES string of the molecule is CN(C(=O)CCc1cccnc1)[C@H]1CCc2ccccc21. The van der Waals surface area contributed by atoms with E-state index in [4.69, 9.17) is 0 Å². The van der Waals surface area contributed by atoms with Crippen molar-refractivity contribution in [1.82, 2.24) is 9.88 Å². The van der Waals surface area contributed by atoms with Crippen LogP contribution < -0.4 is 0 Å². The van der Waals surface area contributed by atoms with Crippen LogP contribution in [0.25, 0.3) is 0 Å². The fraction of sp³-hybridized carbons (Fsp3) is 0.333. The van der Waals surface area contributed by atoms with Crippen LogP contribution in [0, 0.1) is 0 Å². The molecule has 3 rings (SSSR count). The Labute approximate surface area is 125 Å². The molecule has 108 valence electrons. The Morgan fingerprint density at radius 2 is 2.14 bits per heavy atom. The van der Waals surface area contributed by atoms with Crippen LogP contribution in [0.15, 0.2) is 48.8 Å². The summed E-state index contributed by atoms with van der Waals surface area (Å²) in [6.07, 6.45) is 6.99. The highest BCUT2D eigenvalue weighted by Gasteiger charge is 2.27. The van der Waals surface area contributed by atoms with Crippen LogP contribution in [0.3, 0.4) is 0 Å². The van der Waals surface area contributed by atoms with E-state index >= 15 is 0 Å². The minimum absolute atomic E-state index is 0.209. The largest absolute Gasteiger partial charge is 0.339 e. The number of amides is 1. The lowest BCUT2D eigenvalue weighted by Gasteiger charge is -2.25. The normalized spacial score (nSPS) is 16.5. The molecule has 1 aliphatic carbocycles. The number of benzene rings is 1. The quantitative estimate of drug-likeness (QED) is 0.862. The lowest BCUT2D eigenvalue weighted by molar-refractivity contribution is -0.132. The van der Waals surface area contributed by atoms with Crippen molar-refractivity contribution >= 4 is 5.91 Å². The van der Waals surface area contributed by atoms with Crippen LogP contribution in [-0.4, -0.2) is 22.8 Å². The highest BCUT2D eigenvalue weighted by molar-refractivity contribution is 5.77. The topological polar surface area (TPSA) is 33.2 Å². The summed E-state index contributed by atoms with van der Waals surface area (Å²) in [7, 11) is 1.93. The summed E-state index contributed by atoms with van der Waals surface area (Å²) in [5.74, 6) is 0.209. The number of aryl methyl sites for hydroxylation is 2. The van der Waals surface area contributed by atoms with Gasteiger partial charge in [0.1, 0.15) is 0 Å². The second-order valence-corrected chi connectivity index (χ2v) is 5.62. The number of carbonyl (C=O) groups excluding carboxylic acids is 1. The van der Waals surface area contributed by atoms with Crippen molar-refractivity contribution < 1.29 is 4.79 Å². The van der Waals surface area contributed by atoms with Crippen LogP contribution in [-0.2, 0) is 17.6 Å². The van der Waals surface area contributed by atoms with Gasteiger partial charge < -0.3 is 4.90 Å². The molecule has 1 heterocycles. The van der Waals surface area contributed by atoms with Crippen LogP contribution in [0.4, 0.5) is 0 Å². The number of rotatable bonds is 4. The molecule has 2 aromatic rings. The number of aromatic nitrogens is 1. The Morgan fingerprint density at radius 1 is 1.29 bits per heavy atom. The van der Waals surface area contributed by atoms with Crippen molar-refractivity contribution in [3.05, 3.63) is 65.5 Å². The van der Waals surface area contributed by atoms with Gasteiger partial charge in [0.2, 0.25) is 5.91 Å². The number of carbonyl (C=O) groups is 1. The van der Waals surface area contributed by atoms with Gasteiger partial charge in [-0.3, -0.25) is 9.78 Å². The smallest absolute Gasteiger partial charge is 0.223 e. The molecule has 3 heteroatoms. The highest BCUT2D eigenvalue weighted by atomic mass is 16.2. The molecule has 0 saturated heterocycles. The summed E-state index contributed by atoms with van der Waals surface area (Å²) >= 11 is 0. The Bertz CT molecular complexity index is 624. The van der Waals surface area contributed by atoms with E-state index in [0.717, 1.165) is 24.8 Å². The lowest BCUT2D eigenvalue weighted by atomic mass is 10.1. The molecule has 0 saturated carbocycles. The third kappa shape index (κ3) is 2.97. The van der Waals surface area contributed by atoms with E-state index in [0.29, 0.717) is 6.42 Å². The molecule has 1 aromatic carbocycles. The van der Waals surface area contributed by atoms with Crippen LogP contribution in [0.2, 0.25) is 0 Å². The molecule has 0 bridgehead atoms. The average molecular weight is 280 g/mol. The molecular formula is C18H20N2O. The first-order chi connectivity index (χ1) is 10.3. The van der Waals surface area contributed by atoms with E-state index in [1.54, 1.807) is 6.20 Å². The number of nitrogens with zero attached hydrogens (tertiary/aromatic N) is 2. The molecule has 0 fully saturated rings. The van der Waals surface area contributed by atoms with Crippen molar-refractivity contribution in [2.45, 2.75) is 31.7 Å². The molecule has 0 aliphatic heterocycles. The number of hydrogen-bond acceptors (Lipinski definition) is 2. The van der Waals surface area contributed by atoms with Crippen LogP contribution in [0.1, 0.15) is 35.6 Å². The van der Waals surface area contributed by atoms with E-state index < -0.39 is 0 Å². The Hall–Kier alpha value is -2.16. The van der Waals surface area contributed by atoms with Gasteiger partial charge >= 0.3 is 0 Å². The summed E-state index contributed by atoms with van der Waals surface area (Å²) in [5, 5.41) is 0. The van der Waals surface area contributed by atoms with Gasteiger partial charge in [-0.25, -0.2) is 0 Å². The second-order valence-electron chi connectivity index (χ2n) is 5.62. The first-order valence-electron chi connectivity index (χ1n) is 7.48. The number of fused-ring (bicyclic) bond motifs is 1. The van der Waals surface area contributed by atoms with Crippen molar-refractivity contribution in [2.24, 2.45) is 0 Å². The van der Waals surface area contributed by atoms with E-state index in [2.05, 4.69) is 29.2 Å². The fourth-order valence-corrected chi connectivity index (χ4v) is 3.08. The maximum atomic E-state index is 12.4. The van der Waals surface area contributed by atoms with Gasteiger partial charge in [0.05, 0.1) is 6.04 Å². The summed E-state index contributed by atoms with van der Waals surface area (Å²) in [6, 6.07) is 12.6. The van der Waals surface area contributed by atoms with E-state index in [1.807, 2.05) is 30.3 Å². The molecule has 1 atom stereocenters. The first kappa shape index (κ1) is 13.8. The molecule has 0 spiro atoms. The molecule has 0 N–H and O–H groups in total. The second kappa shape index (κ2) is 6.08. The summed E-state index contributed by atoms with van der Waals surface area (Å²) < 4.78 is 0. The van der Waals surface area contributed by atoms with E-state index in [1.165, 1.54) is 11.1 Å². The van der Waals surface area contributed by atoms with Crippen molar-refractivity contribution in [3.8, 4) is 0 Å². The monoisotopic (exact) mass is 280 g/mol. The molecular weight excluding hydrogens is 260 g/mol. The molecule has 1 amide bonds. The van der Waals surface area contributed by atoms with Crippen LogP contribution in [0.5, 0.6) is 0 Å². The number of hydrogen-bond donors (Lipinski definition) is 0. The average Bonchev–Trinajstić information content (AvgIpc) is 2.97. The highest BCUT2D eigenvalue weighted by Crippen LogP contribution is 2.35. The minimum Gasteiger partial charge on any atom is -0.339 e. The molecule has 0 radical (unpaired) electrons. The first-order valence-corrected chi connectivity index (χ1v) is 7.48. The minimum atomic E-state index is 0.209. The molecule has 1 aromatic heterocycles. The predicted octanol–water partition coefficient (Wildman–Crippen LogP) is 3.16. The predicted molar refractivity (Wildman–Crippen MR) is 82.8 cm³/mol. The van der Waals surface area contributed by atoms with Crippen molar-refractivity contribution in [1.29, 1.82) is 0 Å². The van der Waals surface area contributed by atoms with Gasteiger partial charge in [0, 0.05) is 25.9 Å². The van der Waals surface area contributed by atoms with Gasteiger partial charge in [-0.2, -0.15) is 0 Å². The Kier molecular flexibility index (Phi) is 4.00. The third-order valence-corrected chi connectivity index (χ3v) is 4.31. The number of pyridine rings is 1. The zero-order valence-corrected chi connectivity index (χ0v) is 12.3. The lowest BCUT2D eigenvalue weighted by Crippen LogP contribution is -2.30. The summed E-state index contributed by atoms with van der Waals surface area (Å²) in [6.45, 7) is 0. The molecule has 0 unspecified atom stereocenters. The zero-order chi connectivity index (χ0) is 14.7. The van der Waals surface area contributed by atoms with Crippen LogP contribution >= 0.6 is 0 Å².